The number of ether oxygens (including phenoxy) is 4. The first-order valence-electron chi connectivity index (χ1n) is 9.07. The van der Waals surface area contributed by atoms with E-state index in [0.717, 1.165) is 0 Å². The normalized spacial score (nSPS) is 25.0. The summed E-state index contributed by atoms with van der Waals surface area (Å²) >= 11 is 0. The van der Waals surface area contributed by atoms with Crippen LogP contribution in [0.25, 0.3) is 0 Å². The molecule has 0 aromatic carbocycles. The highest BCUT2D eigenvalue weighted by Gasteiger charge is 2.44. The van der Waals surface area contributed by atoms with Crippen molar-refractivity contribution in [2.45, 2.75) is 58.3 Å². The zero-order valence-electron chi connectivity index (χ0n) is 16.8. The van der Waals surface area contributed by atoms with Crippen LogP contribution in [-0.2, 0) is 18.9 Å². The Bertz CT molecular complexity index is 525. The van der Waals surface area contributed by atoms with E-state index >= 15 is 0 Å². The number of rotatable bonds is 0. The molecule has 26 heavy (non-hydrogen) atoms. The van der Waals surface area contributed by atoms with Gasteiger partial charge in [0, 0.05) is 13.1 Å². The minimum Gasteiger partial charge on any atom is -0.444 e. The van der Waals surface area contributed by atoms with E-state index in [-0.39, 0.29) is 6.09 Å². The van der Waals surface area contributed by atoms with Gasteiger partial charge in [-0.05, 0) is 41.5 Å². The third-order valence-electron chi connectivity index (χ3n) is 3.90. The Labute approximate surface area is 155 Å². The number of hydrogen-bond donors (Lipinski definition) is 0. The number of amides is 2. The molecule has 150 valence electrons. The molecule has 0 bridgehead atoms. The molecule has 0 saturated carbocycles. The van der Waals surface area contributed by atoms with E-state index in [9.17, 15) is 9.59 Å². The van der Waals surface area contributed by atoms with Crippen LogP contribution in [0.3, 0.4) is 0 Å². The van der Waals surface area contributed by atoms with Gasteiger partial charge in [0.2, 0.25) is 0 Å². The summed E-state index contributed by atoms with van der Waals surface area (Å²) in [5.74, 6) is 0. The van der Waals surface area contributed by atoms with Crippen LogP contribution in [0.2, 0.25) is 0 Å². The third kappa shape index (κ3) is 6.02. The molecule has 2 amide bonds. The summed E-state index contributed by atoms with van der Waals surface area (Å²) in [6.07, 6.45) is -0.784. The molecule has 8 nitrogen and oxygen atoms in total. The van der Waals surface area contributed by atoms with Gasteiger partial charge >= 0.3 is 12.2 Å². The average Bonchev–Trinajstić information content (AvgIpc) is 2.67. The first-order valence-corrected chi connectivity index (χ1v) is 9.07. The number of carbonyl (C=O) groups is 2. The van der Waals surface area contributed by atoms with Gasteiger partial charge in [-0.15, -0.1) is 0 Å². The Kier molecular flexibility index (Phi) is 6.07. The second kappa shape index (κ2) is 7.60. The predicted molar refractivity (Wildman–Crippen MR) is 95.1 cm³/mol. The maximum absolute atomic E-state index is 12.5. The van der Waals surface area contributed by atoms with Crippen molar-refractivity contribution < 1.29 is 28.5 Å². The fourth-order valence-corrected chi connectivity index (χ4v) is 2.90. The minimum atomic E-state index is -0.775. The minimum absolute atomic E-state index is 0.307. The van der Waals surface area contributed by atoms with Gasteiger partial charge in [-0.25, -0.2) is 9.59 Å². The molecule has 2 aliphatic rings. The van der Waals surface area contributed by atoms with Crippen LogP contribution in [0.4, 0.5) is 9.59 Å². The van der Waals surface area contributed by atoms with Crippen molar-refractivity contribution in [3.63, 3.8) is 0 Å². The lowest BCUT2D eigenvalue weighted by atomic mass is 10.0. The Morgan fingerprint density at radius 3 is 1.77 bits per heavy atom. The molecule has 8 heteroatoms. The fourth-order valence-electron chi connectivity index (χ4n) is 2.90. The molecule has 0 N–H and O–H groups in total. The summed E-state index contributed by atoms with van der Waals surface area (Å²) < 4.78 is 22.6. The smallest absolute Gasteiger partial charge is 0.410 e. The highest BCUT2D eigenvalue weighted by molar-refractivity contribution is 5.69. The number of carbonyl (C=O) groups excluding carboxylic acids is 2. The fraction of sp³-hybridized carbons (Fsp3) is 0.889. The van der Waals surface area contributed by atoms with Gasteiger partial charge in [0.15, 0.2) is 0 Å². The molecule has 0 aliphatic carbocycles. The van der Waals surface area contributed by atoms with Crippen molar-refractivity contribution in [3.8, 4) is 0 Å². The largest absolute Gasteiger partial charge is 0.444 e. The van der Waals surface area contributed by atoms with E-state index < -0.39 is 22.9 Å². The molecule has 2 saturated heterocycles. The number of hydrogen-bond acceptors (Lipinski definition) is 6. The summed E-state index contributed by atoms with van der Waals surface area (Å²) in [6, 6.07) is 0. The molecule has 2 fully saturated rings. The second-order valence-electron chi connectivity index (χ2n) is 8.89. The lowest BCUT2D eigenvalue weighted by Gasteiger charge is -2.43. The van der Waals surface area contributed by atoms with Gasteiger partial charge in [-0.3, -0.25) is 0 Å². The Balaban J connectivity index is 2.08. The molecule has 0 aromatic rings. The summed E-state index contributed by atoms with van der Waals surface area (Å²) in [5, 5.41) is 0. The molecular formula is C18H32N2O6. The standard InChI is InChI=1S/C18H32N2O6/c1-16(2,3)25-14(21)19-7-9-23-13-18(11-19)12-20(8-10-24-18)15(22)26-17(4,5)6/h7-13H2,1-6H3. The predicted octanol–water partition coefficient (Wildman–Crippen LogP) is 2.26. The zero-order chi connectivity index (χ0) is 19.6. The maximum Gasteiger partial charge on any atom is 0.410 e. The number of morpholine rings is 1. The molecule has 1 unspecified atom stereocenters. The molecular weight excluding hydrogens is 340 g/mol. The lowest BCUT2D eigenvalue weighted by Crippen LogP contribution is -2.61. The van der Waals surface area contributed by atoms with Crippen molar-refractivity contribution in [1.82, 2.24) is 9.80 Å². The Morgan fingerprint density at radius 2 is 1.31 bits per heavy atom. The first kappa shape index (κ1) is 20.8. The summed E-state index contributed by atoms with van der Waals surface area (Å²) in [7, 11) is 0. The topological polar surface area (TPSA) is 77.5 Å². The number of nitrogens with zero attached hydrogens (tertiary/aromatic N) is 2. The van der Waals surface area contributed by atoms with Gasteiger partial charge in [-0.1, -0.05) is 0 Å². The van der Waals surface area contributed by atoms with E-state index in [1.165, 1.54) is 0 Å². The van der Waals surface area contributed by atoms with Crippen molar-refractivity contribution in [3.05, 3.63) is 0 Å². The highest BCUT2D eigenvalue weighted by Crippen LogP contribution is 2.25. The molecule has 0 radical (unpaired) electrons. The molecule has 2 aliphatic heterocycles. The zero-order valence-corrected chi connectivity index (χ0v) is 16.8. The van der Waals surface area contributed by atoms with Gasteiger partial charge in [-0.2, -0.15) is 0 Å². The van der Waals surface area contributed by atoms with Crippen LogP contribution >= 0.6 is 0 Å². The van der Waals surface area contributed by atoms with Gasteiger partial charge in [0.25, 0.3) is 0 Å². The van der Waals surface area contributed by atoms with Crippen LogP contribution in [0, 0.1) is 0 Å². The van der Waals surface area contributed by atoms with E-state index in [4.69, 9.17) is 18.9 Å². The van der Waals surface area contributed by atoms with Crippen LogP contribution in [0.5, 0.6) is 0 Å². The van der Waals surface area contributed by atoms with Crippen LogP contribution in [0.1, 0.15) is 41.5 Å². The van der Waals surface area contributed by atoms with Crippen molar-refractivity contribution >= 4 is 12.2 Å². The first-order chi connectivity index (χ1) is 11.9. The summed E-state index contributed by atoms with van der Waals surface area (Å²) in [6.45, 7) is 13.6. The second-order valence-corrected chi connectivity index (χ2v) is 8.89. The summed E-state index contributed by atoms with van der Waals surface area (Å²) in [5.41, 5.74) is -1.92. The van der Waals surface area contributed by atoms with Crippen LogP contribution in [0.15, 0.2) is 0 Å². The van der Waals surface area contributed by atoms with E-state index in [2.05, 4.69) is 0 Å². The van der Waals surface area contributed by atoms with E-state index in [1.54, 1.807) is 9.80 Å². The molecule has 0 aromatic heterocycles. The molecule has 1 spiro atoms. The molecule has 2 rings (SSSR count). The Morgan fingerprint density at radius 1 is 0.846 bits per heavy atom. The SMILES string of the molecule is CC(C)(C)OC(=O)N1CCOCC2(C1)CN(C(=O)OC(C)(C)C)CCO2. The van der Waals surface area contributed by atoms with Crippen LogP contribution in [-0.4, -0.2) is 84.8 Å². The van der Waals surface area contributed by atoms with Crippen molar-refractivity contribution in [1.29, 1.82) is 0 Å². The third-order valence-corrected chi connectivity index (χ3v) is 3.90. The van der Waals surface area contributed by atoms with E-state index in [0.29, 0.717) is 46.0 Å². The maximum atomic E-state index is 12.5. The molecule has 2 heterocycles. The Hall–Kier alpha value is -1.54. The molecule has 1 atom stereocenters. The lowest BCUT2D eigenvalue weighted by molar-refractivity contribution is -0.138. The average molecular weight is 372 g/mol. The summed E-state index contributed by atoms with van der Waals surface area (Å²) in [4.78, 5) is 28.1. The van der Waals surface area contributed by atoms with Gasteiger partial charge < -0.3 is 28.7 Å². The monoisotopic (exact) mass is 372 g/mol. The quantitative estimate of drug-likeness (QED) is 0.649. The van der Waals surface area contributed by atoms with Gasteiger partial charge in [0.1, 0.15) is 16.8 Å². The van der Waals surface area contributed by atoms with Crippen molar-refractivity contribution in [2.24, 2.45) is 0 Å². The van der Waals surface area contributed by atoms with Crippen molar-refractivity contribution in [2.75, 3.05) is 46.0 Å². The van der Waals surface area contributed by atoms with E-state index in [1.807, 2.05) is 41.5 Å². The highest BCUT2D eigenvalue weighted by atomic mass is 16.6. The van der Waals surface area contributed by atoms with Crippen LogP contribution < -0.4 is 0 Å². The van der Waals surface area contributed by atoms with Gasteiger partial charge in [0.05, 0.1) is 32.9 Å².